The van der Waals surface area contributed by atoms with Crippen molar-refractivity contribution in [3.05, 3.63) is 29.5 Å². The number of nitrogen functional groups attached to an aromatic ring is 1. The van der Waals surface area contributed by atoms with Gasteiger partial charge in [0.1, 0.15) is 5.82 Å². The maximum atomic E-state index is 6.12. The second-order valence-electron chi connectivity index (χ2n) is 4.68. The average Bonchev–Trinajstić information content (AvgIpc) is 3.24. The molecule has 2 aromatic heterocycles. The maximum absolute atomic E-state index is 6.12. The van der Waals surface area contributed by atoms with Crippen LogP contribution in [-0.4, -0.2) is 21.5 Å². The fourth-order valence-electron chi connectivity index (χ4n) is 1.80. The number of rotatable bonds is 4. The molecule has 1 aliphatic rings. The van der Waals surface area contributed by atoms with E-state index in [1.54, 1.807) is 12.3 Å². The van der Waals surface area contributed by atoms with Crippen molar-refractivity contribution in [3.8, 4) is 11.3 Å². The van der Waals surface area contributed by atoms with E-state index in [9.17, 15) is 0 Å². The fourth-order valence-corrected chi connectivity index (χ4v) is 2.00. The third kappa shape index (κ3) is 2.93. The molecule has 2 aromatic rings. The van der Waals surface area contributed by atoms with Gasteiger partial charge in [0.2, 0.25) is 5.95 Å². The molecule has 1 aliphatic carbocycles. The number of pyridine rings is 1. The van der Waals surface area contributed by atoms with E-state index in [0.717, 1.165) is 23.7 Å². The van der Waals surface area contributed by atoms with Crippen LogP contribution in [0.2, 0.25) is 5.02 Å². The number of halogens is 1. The molecule has 1 saturated carbocycles. The van der Waals surface area contributed by atoms with E-state index in [0.29, 0.717) is 16.8 Å². The van der Waals surface area contributed by atoms with E-state index < -0.39 is 0 Å². The topological polar surface area (TPSA) is 76.7 Å². The third-order valence-corrected chi connectivity index (χ3v) is 3.35. The Balaban J connectivity index is 1.86. The lowest BCUT2D eigenvalue weighted by atomic mass is 10.2. The molecule has 0 radical (unpaired) electrons. The van der Waals surface area contributed by atoms with Gasteiger partial charge in [-0.1, -0.05) is 11.6 Å². The van der Waals surface area contributed by atoms with Crippen molar-refractivity contribution < 1.29 is 0 Å². The quantitative estimate of drug-likeness (QED) is 0.897. The second kappa shape index (κ2) is 5.01. The molecule has 0 aromatic carbocycles. The van der Waals surface area contributed by atoms with E-state index in [4.69, 9.17) is 17.3 Å². The van der Waals surface area contributed by atoms with Gasteiger partial charge in [-0.3, -0.25) is 0 Å². The predicted molar refractivity (Wildman–Crippen MR) is 75.9 cm³/mol. The summed E-state index contributed by atoms with van der Waals surface area (Å²) >= 11 is 6.12. The van der Waals surface area contributed by atoms with Crippen LogP contribution in [0, 0.1) is 5.92 Å². The Labute approximate surface area is 116 Å². The summed E-state index contributed by atoms with van der Waals surface area (Å²) in [6.07, 6.45) is 5.83. The molecule has 5 nitrogen and oxygen atoms in total. The Morgan fingerprint density at radius 1 is 1.37 bits per heavy atom. The Hall–Kier alpha value is -1.88. The SMILES string of the molecule is Nc1cc(-c2ccnc(NCC3CC3)n2)c(Cl)cn1. The molecule has 3 rings (SSSR count). The Morgan fingerprint density at radius 3 is 3.00 bits per heavy atom. The normalized spacial score (nSPS) is 14.4. The molecular weight excluding hydrogens is 262 g/mol. The van der Waals surface area contributed by atoms with Crippen molar-refractivity contribution in [1.29, 1.82) is 0 Å². The highest BCUT2D eigenvalue weighted by atomic mass is 35.5. The van der Waals surface area contributed by atoms with Gasteiger partial charge in [0.05, 0.1) is 10.7 Å². The standard InChI is InChI=1S/C13H14ClN5/c14-10-7-17-12(15)5-9(10)11-3-4-16-13(19-11)18-6-8-1-2-8/h3-5,7-8H,1-2,6H2,(H2,15,17)(H,16,18,19). The van der Waals surface area contributed by atoms with Crippen LogP contribution in [0.4, 0.5) is 11.8 Å². The zero-order valence-electron chi connectivity index (χ0n) is 10.3. The van der Waals surface area contributed by atoms with E-state index in [-0.39, 0.29) is 0 Å². The summed E-state index contributed by atoms with van der Waals surface area (Å²) in [5.41, 5.74) is 7.19. The van der Waals surface area contributed by atoms with Gasteiger partial charge in [-0.25, -0.2) is 15.0 Å². The first-order valence-electron chi connectivity index (χ1n) is 6.20. The molecule has 6 heteroatoms. The third-order valence-electron chi connectivity index (χ3n) is 3.05. The summed E-state index contributed by atoms with van der Waals surface area (Å²) < 4.78 is 0. The van der Waals surface area contributed by atoms with Gasteiger partial charge in [0.15, 0.2) is 0 Å². The molecule has 0 saturated heterocycles. The van der Waals surface area contributed by atoms with Gasteiger partial charge < -0.3 is 11.1 Å². The smallest absolute Gasteiger partial charge is 0.223 e. The number of anilines is 2. The molecule has 0 amide bonds. The summed E-state index contributed by atoms with van der Waals surface area (Å²) in [7, 11) is 0. The van der Waals surface area contributed by atoms with Gasteiger partial charge >= 0.3 is 0 Å². The lowest BCUT2D eigenvalue weighted by Crippen LogP contribution is -2.07. The second-order valence-corrected chi connectivity index (χ2v) is 5.09. The Morgan fingerprint density at radius 2 is 2.21 bits per heavy atom. The minimum Gasteiger partial charge on any atom is -0.384 e. The van der Waals surface area contributed by atoms with Crippen molar-refractivity contribution in [2.45, 2.75) is 12.8 Å². The highest BCUT2D eigenvalue weighted by molar-refractivity contribution is 6.33. The van der Waals surface area contributed by atoms with Crippen LogP contribution in [0.1, 0.15) is 12.8 Å². The summed E-state index contributed by atoms with van der Waals surface area (Å²) in [4.78, 5) is 12.6. The number of hydrogen-bond donors (Lipinski definition) is 2. The van der Waals surface area contributed by atoms with Crippen molar-refractivity contribution in [2.75, 3.05) is 17.6 Å². The van der Waals surface area contributed by atoms with Crippen LogP contribution >= 0.6 is 11.6 Å². The predicted octanol–water partition coefficient (Wildman–Crippen LogP) is 2.60. The highest BCUT2D eigenvalue weighted by Gasteiger charge is 2.21. The molecule has 0 atom stereocenters. The van der Waals surface area contributed by atoms with Crippen molar-refractivity contribution in [3.63, 3.8) is 0 Å². The Kier molecular flexibility index (Phi) is 3.21. The van der Waals surface area contributed by atoms with Crippen molar-refractivity contribution >= 4 is 23.4 Å². The lowest BCUT2D eigenvalue weighted by Gasteiger charge is -2.07. The van der Waals surface area contributed by atoms with E-state index in [1.807, 2.05) is 6.07 Å². The number of hydrogen-bond acceptors (Lipinski definition) is 5. The van der Waals surface area contributed by atoms with Gasteiger partial charge in [0.25, 0.3) is 0 Å². The monoisotopic (exact) mass is 275 g/mol. The first-order valence-corrected chi connectivity index (χ1v) is 6.58. The molecule has 19 heavy (non-hydrogen) atoms. The molecule has 2 heterocycles. The van der Waals surface area contributed by atoms with Gasteiger partial charge in [-0.2, -0.15) is 0 Å². The first kappa shape index (κ1) is 12.2. The molecule has 3 N–H and O–H groups in total. The molecular formula is C13H14ClN5. The average molecular weight is 276 g/mol. The van der Waals surface area contributed by atoms with E-state index >= 15 is 0 Å². The minimum absolute atomic E-state index is 0.422. The van der Waals surface area contributed by atoms with E-state index in [2.05, 4.69) is 20.3 Å². The first-order chi connectivity index (χ1) is 9.22. The minimum atomic E-state index is 0.422. The number of nitrogens with two attached hydrogens (primary N) is 1. The summed E-state index contributed by atoms with van der Waals surface area (Å²) in [5.74, 6) is 1.81. The summed E-state index contributed by atoms with van der Waals surface area (Å²) in [5, 5.41) is 3.77. The van der Waals surface area contributed by atoms with Gasteiger partial charge in [-0.05, 0) is 30.9 Å². The number of nitrogens with one attached hydrogen (secondary N) is 1. The molecule has 0 bridgehead atoms. The largest absolute Gasteiger partial charge is 0.384 e. The molecule has 0 spiro atoms. The molecule has 0 aliphatic heterocycles. The van der Waals surface area contributed by atoms with Gasteiger partial charge in [0, 0.05) is 24.5 Å². The fraction of sp³-hybridized carbons (Fsp3) is 0.308. The van der Waals surface area contributed by atoms with Crippen LogP contribution in [0.15, 0.2) is 24.5 Å². The van der Waals surface area contributed by atoms with Crippen LogP contribution in [0.3, 0.4) is 0 Å². The summed E-state index contributed by atoms with van der Waals surface area (Å²) in [6, 6.07) is 3.53. The van der Waals surface area contributed by atoms with Crippen LogP contribution in [-0.2, 0) is 0 Å². The van der Waals surface area contributed by atoms with E-state index in [1.165, 1.54) is 19.0 Å². The maximum Gasteiger partial charge on any atom is 0.223 e. The lowest BCUT2D eigenvalue weighted by molar-refractivity contribution is 0.874. The Bertz CT molecular complexity index is 597. The molecule has 0 unspecified atom stereocenters. The zero-order valence-corrected chi connectivity index (χ0v) is 11.1. The summed E-state index contributed by atoms with van der Waals surface area (Å²) in [6.45, 7) is 0.926. The molecule has 98 valence electrons. The molecule has 1 fully saturated rings. The van der Waals surface area contributed by atoms with Crippen LogP contribution < -0.4 is 11.1 Å². The van der Waals surface area contributed by atoms with Crippen molar-refractivity contribution in [2.24, 2.45) is 5.92 Å². The zero-order chi connectivity index (χ0) is 13.2. The highest BCUT2D eigenvalue weighted by Crippen LogP contribution is 2.29. The number of aromatic nitrogens is 3. The van der Waals surface area contributed by atoms with Crippen LogP contribution in [0.25, 0.3) is 11.3 Å². The van der Waals surface area contributed by atoms with Crippen LogP contribution in [0.5, 0.6) is 0 Å². The van der Waals surface area contributed by atoms with Gasteiger partial charge in [-0.15, -0.1) is 0 Å². The van der Waals surface area contributed by atoms with Crippen molar-refractivity contribution in [1.82, 2.24) is 15.0 Å². The number of nitrogens with zero attached hydrogens (tertiary/aromatic N) is 3.